The fourth-order valence-electron chi connectivity index (χ4n) is 3.95. The van der Waals surface area contributed by atoms with E-state index in [4.69, 9.17) is 0 Å². The van der Waals surface area contributed by atoms with Gasteiger partial charge >= 0.3 is 0 Å². The number of hydrogen-bond acceptors (Lipinski definition) is 3. The Labute approximate surface area is 127 Å². The van der Waals surface area contributed by atoms with Crippen LogP contribution in [0.4, 0.5) is 0 Å². The molecule has 0 aromatic rings. The molecule has 118 valence electrons. The molecule has 3 atom stereocenters. The first kappa shape index (κ1) is 15.0. The number of likely N-dealkylation sites (tertiary alicyclic amines) is 1. The van der Waals surface area contributed by atoms with Crippen molar-refractivity contribution in [2.45, 2.75) is 38.6 Å². The van der Waals surface area contributed by atoms with E-state index in [0.717, 1.165) is 32.2 Å². The molecule has 1 amide bonds. The third-order valence-electron chi connectivity index (χ3n) is 5.36. The Hall–Kier alpha value is -0.880. The minimum absolute atomic E-state index is 0.0787. The Morgan fingerprint density at radius 2 is 2.05 bits per heavy atom. The Kier molecular flexibility index (Phi) is 3.64. The zero-order valence-corrected chi connectivity index (χ0v) is 13.6. The van der Waals surface area contributed by atoms with Crippen molar-refractivity contribution in [1.82, 2.24) is 9.21 Å². The normalized spacial score (nSPS) is 37.0. The van der Waals surface area contributed by atoms with Gasteiger partial charge in [0.2, 0.25) is 15.9 Å². The summed E-state index contributed by atoms with van der Waals surface area (Å²) >= 11 is 0. The highest BCUT2D eigenvalue weighted by atomic mass is 32.2. The van der Waals surface area contributed by atoms with Crippen molar-refractivity contribution >= 4 is 15.9 Å². The van der Waals surface area contributed by atoms with E-state index in [-0.39, 0.29) is 17.4 Å². The van der Waals surface area contributed by atoms with Crippen LogP contribution in [0.5, 0.6) is 0 Å². The summed E-state index contributed by atoms with van der Waals surface area (Å²) < 4.78 is 25.0. The summed E-state index contributed by atoms with van der Waals surface area (Å²) in [5.74, 6) is 0.529. The highest BCUT2D eigenvalue weighted by Crippen LogP contribution is 2.39. The second-order valence-electron chi connectivity index (χ2n) is 6.97. The van der Waals surface area contributed by atoms with Crippen molar-refractivity contribution in [2.75, 3.05) is 25.9 Å². The molecule has 6 heteroatoms. The molecule has 2 heterocycles. The maximum absolute atomic E-state index is 12.9. The molecule has 0 aromatic heterocycles. The van der Waals surface area contributed by atoms with Crippen LogP contribution in [0, 0.1) is 11.3 Å². The monoisotopic (exact) mass is 312 g/mol. The minimum Gasteiger partial charge on any atom is -0.338 e. The molecule has 1 aliphatic carbocycles. The summed E-state index contributed by atoms with van der Waals surface area (Å²) in [5.41, 5.74) is -0.303. The summed E-state index contributed by atoms with van der Waals surface area (Å²) in [7, 11) is -3.15. The predicted octanol–water partition coefficient (Wildman–Crippen LogP) is 1.23. The summed E-state index contributed by atoms with van der Waals surface area (Å²) in [6.07, 6.45) is 9.08. The van der Waals surface area contributed by atoms with Gasteiger partial charge in [0.15, 0.2) is 0 Å². The van der Waals surface area contributed by atoms with E-state index in [9.17, 15) is 13.2 Å². The highest BCUT2D eigenvalue weighted by molar-refractivity contribution is 7.88. The lowest BCUT2D eigenvalue weighted by molar-refractivity contribution is -0.142. The second-order valence-corrected chi connectivity index (χ2v) is 8.95. The summed E-state index contributed by atoms with van der Waals surface area (Å²) in [5, 5.41) is 0. The number of nitrogens with zero attached hydrogens (tertiary/aromatic N) is 2. The van der Waals surface area contributed by atoms with Gasteiger partial charge in [-0.2, -0.15) is 4.31 Å². The Balaban J connectivity index is 1.76. The average molecular weight is 312 g/mol. The van der Waals surface area contributed by atoms with Crippen LogP contribution in [0.25, 0.3) is 0 Å². The van der Waals surface area contributed by atoms with Crippen molar-refractivity contribution in [3.63, 3.8) is 0 Å². The molecule has 0 spiro atoms. The van der Waals surface area contributed by atoms with Crippen molar-refractivity contribution in [3.8, 4) is 0 Å². The first-order chi connectivity index (χ1) is 9.81. The molecule has 2 saturated heterocycles. The van der Waals surface area contributed by atoms with Gasteiger partial charge < -0.3 is 4.90 Å². The molecule has 1 unspecified atom stereocenters. The van der Waals surface area contributed by atoms with Gasteiger partial charge in [-0.25, -0.2) is 8.42 Å². The molecule has 0 aromatic carbocycles. The van der Waals surface area contributed by atoms with Gasteiger partial charge in [0, 0.05) is 25.7 Å². The summed E-state index contributed by atoms with van der Waals surface area (Å²) in [4.78, 5) is 14.9. The quantitative estimate of drug-likeness (QED) is 0.721. The molecule has 0 N–H and O–H groups in total. The van der Waals surface area contributed by atoms with Gasteiger partial charge in [-0.3, -0.25) is 4.79 Å². The van der Waals surface area contributed by atoms with E-state index >= 15 is 0 Å². The average Bonchev–Trinajstić information content (AvgIpc) is 2.97. The molecule has 3 rings (SSSR count). The number of fused-ring (bicyclic) bond motifs is 1. The van der Waals surface area contributed by atoms with Crippen LogP contribution in [-0.4, -0.2) is 55.5 Å². The van der Waals surface area contributed by atoms with Crippen molar-refractivity contribution in [3.05, 3.63) is 12.2 Å². The van der Waals surface area contributed by atoms with E-state index in [1.165, 1.54) is 10.6 Å². The molecule has 5 nitrogen and oxygen atoms in total. The van der Waals surface area contributed by atoms with E-state index in [1.54, 1.807) is 0 Å². The van der Waals surface area contributed by atoms with Crippen molar-refractivity contribution < 1.29 is 13.2 Å². The van der Waals surface area contributed by atoms with E-state index < -0.39 is 10.0 Å². The number of allylic oxidation sites excluding steroid dienone is 2. The Morgan fingerprint density at radius 1 is 1.29 bits per heavy atom. The number of rotatable bonds is 2. The topological polar surface area (TPSA) is 57.7 Å². The van der Waals surface area contributed by atoms with Crippen LogP contribution in [-0.2, 0) is 14.8 Å². The highest BCUT2D eigenvalue weighted by Gasteiger charge is 2.48. The van der Waals surface area contributed by atoms with Crippen molar-refractivity contribution in [2.24, 2.45) is 11.3 Å². The SMILES string of the molecule is CC1(C(=O)N2CC[C@H]3CN(S(C)(=O)=O)C[C@H]32)CC=CCC1. The minimum atomic E-state index is -3.15. The smallest absolute Gasteiger partial charge is 0.229 e. The second kappa shape index (κ2) is 5.09. The Morgan fingerprint density at radius 3 is 2.67 bits per heavy atom. The zero-order valence-electron chi connectivity index (χ0n) is 12.8. The van der Waals surface area contributed by atoms with Crippen LogP contribution < -0.4 is 0 Å². The zero-order chi connectivity index (χ0) is 15.3. The first-order valence-corrected chi connectivity index (χ1v) is 9.57. The standard InChI is InChI=1S/C15H24N2O3S/c1-15(7-4-3-5-8-15)14(18)17-9-6-12-10-16(11-13(12)17)21(2,19)20/h3-4,12-13H,5-11H2,1-2H3/t12-,13+,15?/m0/s1. The number of amides is 1. The number of carbonyl (C=O) groups excluding carboxylic acids is 1. The third-order valence-corrected chi connectivity index (χ3v) is 6.59. The molecule has 0 bridgehead atoms. The molecule has 3 aliphatic rings. The van der Waals surface area contributed by atoms with Gasteiger partial charge in [0.05, 0.1) is 11.7 Å². The van der Waals surface area contributed by atoms with Crippen LogP contribution >= 0.6 is 0 Å². The van der Waals surface area contributed by atoms with Gasteiger partial charge in [0.1, 0.15) is 0 Å². The first-order valence-electron chi connectivity index (χ1n) is 7.72. The van der Waals surface area contributed by atoms with Gasteiger partial charge in [-0.05, 0) is 31.6 Å². The van der Waals surface area contributed by atoms with E-state index in [2.05, 4.69) is 19.1 Å². The van der Waals surface area contributed by atoms with E-state index in [0.29, 0.717) is 19.0 Å². The Bertz CT molecular complexity index is 571. The lowest BCUT2D eigenvalue weighted by atomic mass is 9.77. The summed E-state index contributed by atoms with van der Waals surface area (Å²) in [6, 6.07) is 0.0787. The van der Waals surface area contributed by atoms with Crippen LogP contribution in [0.15, 0.2) is 12.2 Å². The lowest BCUT2D eigenvalue weighted by Gasteiger charge is -2.36. The molecular weight excluding hydrogens is 288 g/mol. The maximum atomic E-state index is 12.9. The predicted molar refractivity (Wildman–Crippen MR) is 81.1 cm³/mol. The number of hydrogen-bond donors (Lipinski definition) is 0. The van der Waals surface area contributed by atoms with Crippen molar-refractivity contribution in [1.29, 1.82) is 0 Å². The van der Waals surface area contributed by atoms with Gasteiger partial charge in [-0.15, -0.1) is 0 Å². The fourth-order valence-corrected chi connectivity index (χ4v) is 4.84. The molecule has 2 fully saturated rings. The van der Waals surface area contributed by atoms with Crippen LogP contribution in [0.1, 0.15) is 32.6 Å². The molecular formula is C15H24N2O3S. The van der Waals surface area contributed by atoms with Crippen LogP contribution in [0.3, 0.4) is 0 Å². The molecule has 0 radical (unpaired) electrons. The third kappa shape index (κ3) is 2.63. The molecule has 0 saturated carbocycles. The molecule has 21 heavy (non-hydrogen) atoms. The molecule has 2 aliphatic heterocycles. The van der Waals surface area contributed by atoms with Gasteiger partial charge in [0.25, 0.3) is 0 Å². The summed E-state index contributed by atoms with van der Waals surface area (Å²) in [6.45, 7) is 3.88. The van der Waals surface area contributed by atoms with Crippen LogP contribution in [0.2, 0.25) is 0 Å². The fraction of sp³-hybridized carbons (Fsp3) is 0.800. The number of carbonyl (C=O) groups is 1. The van der Waals surface area contributed by atoms with E-state index in [1.807, 2.05) is 4.90 Å². The number of sulfonamides is 1. The maximum Gasteiger partial charge on any atom is 0.229 e. The largest absolute Gasteiger partial charge is 0.338 e. The lowest BCUT2D eigenvalue weighted by Crippen LogP contribution is -2.47. The van der Waals surface area contributed by atoms with Gasteiger partial charge in [-0.1, -0.05) is 19.1 Å².